The molecule has 0 unspecified atom stereocenters. The van der Waals surface area contributed by atoms with Gasteiger partial charge < -0.3 is 9.47 Å². The molecule has 4 aromatic rings. The molecule has 0 saturated heterocycles. The maximum atomic E-state index is 12.5. The van der Waals surface area contributed by atoms with Crippen molar-refractivity contribution in [2.24, 2.45) is 0 Å². The van der Waals surface area contributed by atoms with Crippen LogP contribution in [0, 0.1) is 0 Å². The Bertz CT molecular complexity index is 1170. The maximum absolute atomic E-state index is 12.5. The smallest absolute Gasteiger partial charge is 0.274 e. The summed E-state index contributed by atoms with van der Waals surface area (Å²) in [6.45, 7) is 3.88. The third kappa shape index (κ3) is 4.45. The topological polar surface area (TPSA) is 71.2 Å². The number of rotatable bonds is 8. The van der Waals surface area contributed by atoms with Gasteiger partial charge in [0.05, 0.1) is 31.3 Å². The third-order valence-corrected chi connectivity index (χ3v) is 4.49. The highest BCUT2D eigenvalue weighted by Gasteiger charge is 2.05. The molecule has 0 spiro atoms. The number of hydrogen-bond acceptors (Lipinski definition) is 5. The molecule has 0 fully saturated rings. The summed E-state index contributed by atoms with van der Waals surface area (Å²) in [5.74, 6) is 1.36. The summed E-state index contributed by atoms with van der Waals surface area (Å²) in [5, 5.41) is 10.1. The first-order valence-corrected chi connectivity index (χ1v) is 9.56. The van der Waals surface area contributed by atoms with Crippen LogP contribution < -0.4 is 15.0 Å². The van der Waals surface area contributed by atoms with Gasteiger partial charge in [0.15, 0.2) is 0 Å². The van der Waals surface area contributed by atoms with E-state index in [1.54, 1.807) is 6.20 Å². The summed E-state index contributed by atoms with van der Waals surface area (Å²) in [7, 11) is 0. The first-order chi connectivity index (χ1) is 14.2. The minimum absolute atomic E-state index is 0.107. The minimum atomic E-state index is -0.107. The van der Waals surface area contributed by atoms with Crippen LogP contribution in [0.3, 0.4) is 0 Å². The summed E-state index contributed by atoms with van der Waals surface area (Å²) < 4.78 is 14.5. The minimum Gasteiger partial charge on any atom is -0.492 e. The number of ether oxygens (including phenoxy) is 2. The van der Waals surface area contributed by atoms with Gasteiger partial charge in [-0.05, 0) is 30.7 Å². The SMILES string of the molecule is CCOc1ccn(Cc2cccc(OCCn3ncc4ccccc4c3=O)c2)n1. The van der Waals surface area contributed by atoms with E-state index in [-0.39, 0.29) is 5.56 Å². The highest BCUT2D eigenvalue weighted by Crippen LogP contribution is 2.15. The Morgan fingerprint density at radius 3 is 2.83 bits per heavy atom. The van der Waals surface area contributed by atoms with Crippen LogP contribution in [0.4, 0.5) is 0 Å². The molecule has 0 aliphatic carbocycles. The number of nitrogens with zero attached hydrogens (tertiary/aromatic N) is 4. The lowest BCUT2D eigenvalue weighted by Crippen LogP contribution is -2.25. The van der Waals surface area contributed by atoms with Gasteiger partial charge in [-0.1, -0.05) is 30.3 Å². The van der Waals surface area contributed by atoms with Crippen LogP contribution in [-0.2, 0) is 13.1 Å². The predicted octanol–water partition coefficient (Wildman–Crippen LogP) is 3.12. The lowest BCUT2D eigenvalue weighted by molar-refractivity contribution is 0.288. The molecule has 29 heavy (non-hydrogen) atoms. The second kappa shape index (κ2) is 8.60. The number of fused-ring (bicyclic) bond motifs is 1. The molecule has 2 aromatic carbocycles. The van der Waals surface area contributed by atoms with Gasteiger partial charge in [0.2, 0.25) is 5.88 Å². The zero-order valence-corrected chi connectivity index (χ0v) is 16.2. The van der Waals surface area contributed by atoms with E-state index in [1.165, 1.54) is 4.68 Å². The average molecular weight is 390 g/mol. The van der Waals surface area contributed by atoms with Gasteiger partial charge in [0.25, 0.3) is 5.56 Å². The Morgan fingerprint density at radius 2 is 1.93 bits per heavy atom. The van der Waals surface area contributed by atoms with Crippen molar-refractivity contribution in [3.8, 4) is 11.6 Å². The van der Waals surface area contributed by atoms with Gasteiger partial charge in [-0.3, -0.25) is 9.48 Å². The molecule has 0 aliphatic rings. The van der Waals surface area contributed by atoms with Gasteiger partial charge in [-0.25, -0.2) is 4.68 Å². The van der Waals surface area contributed by atoms with E-state index in [4.69, 9.17) is 9.47 Å². The first-order valence-electron chi connectivity index (χ1n) is 9.56. The van der Waals surface area contributed by atoms with Crippen molar-refractivity contribution in [2.45, 2.75) is 20.0 Å². The number of hydrogen-bond donors (Lipinski definition) is 0. The molecule has 2 aromatic heterocycles. The quantitative estimate of drug-likeness (QED) is 0.462. The van der Waals surface area contributed by atoms with E-state index < -0.39 is 0 Å². The molecule has 0 N–H and O–H groups in total. The van der Waals surface area contributed by atoms with E-state index in [0.717, 1.165) is 16.7 Å². The Hall–Kier alpha value is -3.61. The summed E-state index contributed by atoms with van der Waals surface area (Å²) in [5.41, 5.74) is 0.957. The molecule has 0 amide bonds. The third-order valence-electron chi connectivity index (χ3n) is 4.49. The molecule has 0 radical (unpaired) electrons. The molecular weight excluding hydrogens is 368 g/mol. The second-order valence-electron chi connectivity index (χ2n) is 6.54. The lowest BCUT2D eigenvalue weighted by atomic mass is 10.2. The molecule has 7 nitrogen and oxygen atoms in total. The molecule has 0 saturated carbocycles. The van der Waals surface area contributed by atoms with E-state index in [1.807, 2.05) is 72.4 Å². The Kier molecular flexibility index (Phi) is 5.56. The van der Waals surface area contributed by atoms with E-state index in [2.05, 4.69) is 10.2 Å². The van der Waals surface area contributed by atoms with Gasteiger partial charge in [0, 0.05) is 17.6 Å². The van der Waals surface area contributed by atoms with Crippen molar-refractivity contribution < 1.29 is 9.47 Å². The molecular formula is C22H22N4O3. The largest absolute Gasteiger partial charge is 0.492 e. The summed E-state index contributed by atoms with van der Waals surface area (Å²) in [4.78, 5) is 12.5. The molecule has 2 heterocycles. The lowest BCUT2D eigenvalue weighted by Gasteiger charge is -2.10. The van der Waals surface area contributed by atoms with E-state index >= 15 is 0 Å². The van der Waals surface area contributed by atoms with Crippen LogP contribution in [0.25, 0.3) is 10.8 Å². The average Bonchev–Trinajstić information content (AvgIpc) is 3.17. The van der Waals surface area contributed by atoms with Crippen LogP contribution in [0.2, 0.25) is 0 Å². The first kappa shape index (κ1) is 18.7. The second-order valence-corrected chi connectivity index (χ2v) is 6.54. The van der Waals surface area contributed by atoms with E-state index in [0.29, 0.717) is 37.6 Å². The molecule has 148 valence electrons. The predicted molar refractivity (Wildman–Crippen MR) is 110 cm³/mol. The van der Waals surface area contributed by atoms with E-state index in [9.17, 15) is 4.79 Å². The highest BCUT2D eigenvalue weighted by molar-refractivity contribution is 5.80. The summed E-state index contributed by atoms with van der Waals surface area (Å²) in [6.07, 6.45) is 3.59. The Morgan fingerprint density at radius 1 is 1.03 bits per heavy atom. The molecule has 0 atom stereocenters. The van der Waals surface area contributed by atoms with Gasteiger partial charge in [-0.2, -0.15) is 5.10 Å². The standard InChI is InChI=1S/C22H22N4O3/c1-2-28-21-10-11-25(24-21)16-17-6-5-8-19(14-17)29-13-12-26-22(27)20-9-4-3-7-18(20)15-23-26/h3-11,14-15H,2,12-13,16H2,1H3. The Labute approximate surface area is 168 Å². The van der Waals surface area contributed by atoms with Crippen molar-refractivity contribution in [3.63, 3.8) is 0 Å². The Balaban J connectivity index is 1.38. The van der Waals surface area contributed by atoms with Crippen molar-refractivity contribution >= 4 is 10.8 Å². The van der Waals surface area contributed by atoms with Crippen LogP contribution in [0.1, 0.15) is 12.5 Å². The van der Waals surface area contributed by atoms with Crippen molar-refractivity contribution in [3.05, 3.63) is 82.9 Å². The monoisotopic (exact) mass is 390 g/mol. The van der Waals surface area contributed by atoms with Gasteiger partial charge in [-0.15, -0.1) is 5.10 Å². The highest BCUT2D eigenvalue weighted by atomic mass is 16.5. The van der Waals surface area contributed by atoms with Crippen LogP contribution in [0.5, 0.6) is 11.6 Å². The number of aromatic nitrogens is 4. The van der Waals surface area contributed by atoms with Crippen molar-refractivity contribution in [1.29, 1.82) is 0 Å². The fourth-order valence-electron chi connectivity index (χ4n) is 3.11. The fraction of sp³-hybridized carbons (Fsp3) is 0.227. The zero-order valence-electron chi connectivity index (χ0n) is 16.2. The molecule has 0 aliphatic heterocycles. The van der Waals surface area contributed by atoms with Crippen LogP contribution in [-0.4, -0.2) is 32.8 Å². The van der Waals surface area contributed by atoms with Gasteiger partial charge in [0.1, 0.15) is 12.4 Å². The maximum Gasteiger partial charge on any atom is 0.274 e. The molecule has 0 bridgehead atoms. The van der Waals surface area contributed by atoms with Crippen molar-refractivity contribution in [1.82, 2.24) is 19.6 Å². The van der Waals surface area contributed by atoms with Crippen LogP contribution >= 0.6 is 0 Å². The number of benzene rings is 2. The fourth-order valence-corrected chi connectivity index (χ4v) is 3.11. The zero-order chi connectivity index (χ0) is 20.1. The summed E-state index contributed by atoms with van der Waals surface area (Å²) >= 11 is 0. The van der Waals surface area contributed by atoms with Crippen molar-refractivity contribution in [2.75, 3.05) is 13.2 Å². The molecule has 4 rings (SSSR count). The summed E-state index contributed by atoms with van der Waals surface area (Å²) in [6, 6.07) is 17.1. The van der Waals surface area contributed by atoms with Crippen LogP contribution in [0.15, 0.2) is 71.8 Å². The normalized spacial score (nSPS) is 10.9. The molecule has 7 heteroatoms. The van der Waals surface area contributed by atoms with Gasteiger partial charge >= 0.3 is 0 Å².